The number of hydrogen-bond donors (Lipinski definition) is 4. The number of nitrogens with zero attached hydrogens (tertiary/aromatic N) is 2. The fourth-order valence-corrected chi connectivity index (χ4v) is 9.74. The van der Waals surface area contributed by atoms with E-state index in [-0.39, 0.29) is 87.8 Å². The number of carbonyl (C=O) groups is 9. The molecular weight excluding hydrogens is 1560 g/mol. The molecule has 684 valence electrons. The molecule has 1 atom stereocenters. The van der Waals surface area contributed by atoms with Crippen molar-refractivity contribution >= 4 is 53.0 Å². The van der Waals surface area contributed by atoms with E-state index in [2.05, 4.69) is 21.3 Å². The number of nitrogens with one attached hydrogen (secondary N) is 4. The van der Waals surface area contributed by atoms with Gasteiger partial charge in [0.2, 0.25) is 23.6 Å². The smallest absolute Gasteiger partial charge is 0.253 e. The summed E-state index contributed by atoms with van der Waals surface area (Å²) in [5.74, 6) is -2.67. The van der Waals surface area contributed by atoms with Gasteiger partial charge in [0.05, 0.1) is 323 Å². The van der Waals surface area contributed by atoms with Crippen molar-refractivity contribution in [2.75, 3.05) is 364 Å². The average Bonchev–Trinajstić information content (AvgIpc) is 1.74. The minimum atomic E-state index is -0.647. The van der Waals surface area contributed by atoms with Crippen molar-refractivity contribution < 1.29 is 162 Å². The molecule has 118 heavy (non-hydrogen) atoms. The van der Waals surface area contributed by atoms with Crippen LogP contribution >= 0.6 is 0 Å². The van der Waals surface area contributed by atoms with E-state index in [0.717, 1.165) is 9.80 Å². The summed E-state index contributed by atoms with van der Waals surface area (Å²) < 4.78 is 137. The van der Waals surface area contributed by atoms with Gasteiger partial charge in [-0.1, -0.05) is 0 Å². The first-order valence-electron chi connectivity index (χ1n) is 41.1. The van der Waals surface area contributed by atoms with Crippen molar-refractivity contribution in [2.24, 2.45) is 0 Å². The summed E-state index contributed by atoms with van der Waals surface area (Å²) >= 11 is 0. The van der Waals surface area contributed by atoms with E-state index in [4.69, 9.17) is 118 Å². The van der Waals surface area contributed by atoms with Gasteiger partial charge in [-0.15, -0.1) is 0 Å². The Labute approximate surface area is 694 Å². The Hall–Kier alpha value is -5.69. The Bertz CT molecular complexity index is 2480. The van der Waals surface area contributed by atoms with Gasteiger partial charge in [0.25, 0.3) is 23.6 Å². The van der Waals surface area contributed by atoms with E-state index in [0.29, 0.717) is 356 Å². The third-order valence-corrected chi connectivity index (χ3v) is 15.9. The van der Waals surface area contributed by atoms with E-state index >= 15 is 0 Å². The quantitative estimate of drug-likeness (QED) is 0.0410. The van der Waals surface area contributed by atoms with Gasteiger partial charge in [-0.2, -0.15) is 0 Å². The predicted octanol–water partition coefficient (Wildman–Crippen LogP) is -1.21. The highest BCUT2D eigenvalue weighted by Gasteiger charge is 2.25. The third-order valence-electron chi connectivity index (χ3n) is 15.9. The largest absolute Gasteiger partial charge is 0.385 e. The summed E-state index contributed by atoms with van der Waals surface area (Å²) in [6, 6.07) is -0.647. The summed E-state index contributed by atoms with van der Waals surface area (Å²) in [6.45, 7) is 20.9. The normalized spacial score (nSPS) is 13.0. The number of ketones is 1. The van der Waals surface area contributed by atoms with E-state index in [1.807, 2.05) is 0 Å². The number of rotatable bonds is 95. The molecule has 0 saturated heterocycles. The Morgan fingerprint density at radius 1 is 0.246 bits per heavy atom. The van der Waals surface area contributed by atoms with Crippen molar-refractivity contribution in [1.82, 2.24) is 31.1 Å². The molecule has 4 N–H and O–H groups in total. The van der Waals surface area contributed by atoms with Crippen LogP contribution in [0.5, 0.6) is 0 Å². The molecule has 40 heteroatoms. The van der Waals surface area contributed by atoms with Crippen LogP contribution in [0.25, 0.3) is 0 Å². The van der Waals surface area contributed by atoms with E-state index in [1.54, 1.807) is 7.11 Å². The lowest BCUT2D eigenvalue weighted by Crippen LogP contribution is -2.41. The van der Waals surface area contributed by atoms with Gasteiger partial charge >= 0.3 is 0 Å². The first-order chi connectivity index (χ1) is 58.0. The lowest BCUT2D eigenvalue weighted by molar-refractivity contribution is -0.139. The first kappa shape index (κ1) is 108. The SMILES string of the molecule is COCCCC(=O)[C@H](CCCCNC(=O)CCOCCOCCOCCOCCOCCOCCOCCOCCOCCOCCOCCOCCNC(=O)CCN1C(=O)C=CC1=O)NC(=O)CCOCCOCCOCCOCCOCCOCCOCCOCCOCCOCCOCCOCCNC(=O)CCN1C(=O)C=CC1=O. The second-order valence-electron chi connectivity index (χ2n) is 25.2. The van der Waals surface area contributed by atoms with Crippen molar-refractivity contribution in [1.29, 1.82) is 0 Å². The molecule has 0 aromatic carbocycles. The zero-order valence-corrected chi connectivity index (χ0v) is 69.7. The van der Waals surface area contributed by atoms with Gasteiger partial charge in [-0.3, -0.25) is 53.0 Å². The molecule has 0 unspecified atom stereocenters. The van der Waals surface area contributed by atoms with E-state index in [1.165, 1.54) is 24.3 Å². The second-order valence-corrected chi connectivity index (χ2v) is 25.2. The average molecular weight is 1700 g/mol. The second kappa shape index (κ2) is 84.9. The molecule has 0 aliphatic carbocycles. The fourth-order valence-electron chi connectivity index (χ4n) is 9.74. The Morgan fingerprint density at radius 3 is 0.703 bits per heavy atom. The van der Waals surface area contributed by atoms with Gasteiger partial charge in [0.1, 0.15) is 0 Å². The maximum atomic E-state index is 13.0. The molecule has 2 heterocycles. The number of carbonyl (C=O) groups excluding carboxylic acids is 9. The van der Waals surface area contributed by atoms with Crippen LogP contribution in [0.1, 0.15) is 57.8 Å². The maximum absolute atomic E-state index is 13.0. The minimum Gasteiger partial charge on any atom is -0.385 e. The van der Waals surface area contributed by atoms with Crippen LogP contribution in [0.2, 0.25) is 0 Å². The molecule has 8 amide bonds. The summed E-state index contributed by atoms with van der Waals surface area (Å²) in [7, 11) is 1.57. The van der Waals surface area contributed by atoms with Crippen LogP contribution < -0.4 is 21.3 Å². The first-order valence-corrected chi connectivity index (χ1v) is 41.1. The summed E-state index contributed by atoms with van der Waals surface area (Å²) in [6.07, 6.45) is 7.62. The Kier molecular flexibility index (Phi) is 78.0. The molecule has 0 spiro atoms. The lowest BCUT2D eigenvalue weighted by Gasteiger charge is -2.18. The van der Waals surface area contributed by atoms with Gasteiger partial charge in [-0.25, -0.2) is 0 Å². The minimum absolute atomic E-state index is 0.0355. The van der Waals surface area contributed by atoms with Gasteiger partial charge < -0.3 is 140 Å². The lowest BCUT2D eigenvalue weighted by atomic mass is 10.0. The predicted molar refractivity (Wildman–Crippen MR) is 421 cm³/mol. The van der Waals surface area contributed by atoms with Crippen LogP contribution in [-0.4, -0.2) is 432 Å². The number of methoxy groups -OCH3 is 1. The summed E-state index contributed by atoms with van der Waals surface area (Å²) in [5, 5.41) is 11.1. The van der Waals surface area contributed by atoms with Gasteiger partial charge in [0.15, 0.2) is 5.78 Å². The fraction of sp³-hybridized carbons (Fsp3) is 0.833. The van der Waals surface area contributed by atoms with Crippen molar-refractivity contribution in [3.05, 3.63) is 24.3 Å². The highest BCUT2D eigenvalue weighted by atomic mass is 16.6. The molecule has 0 aromatic heterocycles. The zero-order valence-electron chi connectivity index (χ0n) is 69.7. The molecular formula is C78H138N6O34. The van der Waals surface area contributed by atoms with Crippen molar-refractivity contribution in [3.8, 4) is 0 Å². The Balaban J connectivity index is 1.22. The molecule has 0 aromatic rings. The van der Waals surface area contributed by atoms with Crippen molar-refractivity contribution in [3.63, 3.8) is 0 Å². The number of unbranched alkanes of at least 4 members (excludes halogenated alkanes) is 1. The van der Waals surface area contributed by atoms with Crippen LogP contribution in [-0.2, 0) is 162 Å². The molecule has 2 rings (SSSR count). The standard InChI is InChI=1S/C78H138N6O34/c1-94-20-4-6-70(85)69(82-74(89)14-22-96-26-30-100-34-38-104-42-46-108-50-54-112-58-62-116-66-68-118-64-60-114-56-52-110-48-44-106-40-36-102-32-28-98-24-17-81-72(87)12-19-84-77(92)9-10-78(84)93)5-2-3-15-79-73(88)13-21-95-25-29-99-33-37-103-41-45-107-49-53-111-57-61-115-65-67-117-63-59-113-55-51-109-47-43-105-39-35-101-31-27-97-23-16-80-71(86)11-18-83-75(90)7-8-76(83)91/h7-10,69H,2-6,11-68H2,1H3,(H,79,88)(H,80,86)(H,81,87)(H,82,89)/t69-/m0/s1. The van der Waals surface area contributed by atoms with Crippen LogP contribution in [0, 0.1) is 0 Å². The number of Topliss-reactive ketones (excluding diaryl/α,β-unsaturated/α-hetero) is 1. The van der Waals surface area contributed by atoms with E-state index in [9.17, 15) is 43.2 Å². The van der Waals surface area contributed by atoms with Crippen LogP contribution in [0.4, 0.5) is 0 Å². The molecule has 0 saturated carbocycles. The highest BCUT2D eigenvalue weighted by molar-refractivity contribution is 6.13. The molecule has 40 nitrogen and oxygen atoms in total. The maximum Gasteiger partial charge on any atom is 0.253 e. The summed E-state index contributed by atoms with van der Waals surface area (Å²) in [5.41, 5.74) is 0. The van der Waals surface area contributed by atoms with E-state index < -0.39 is 29.7 Å². The Morgan fingerprint density at radius 2 is 0.458 bits per heavy atom. The van der Waals surface area contributed by atoms with Gasteiger partial charge in [0, 0.05) is 103 Å². The number of ether oxygens (including phenoxy) is 25. The number of imide groups is 2. The van der Waals surface area contributed by atoms with Crippen molar-refractivity contribution in [2.45, 2.75) is 63.8 Å². The molecule has 0 fully saturated rings. The molecule has 0 radical (unpaired) electrons. The number of amides is 8. The number of hydrogen-bond acceptors (Lipinski definition) is 34. The molecule has 2 aliphatic heterocycles. The van der Waals surface area contributed by atoms with Crippen LogP contribution in [0.15, 0.2) is 24.3 Å². The zero-order chi connectivity index (χ0) is 84.8. The highest BCUT2D eigenvalue weighted by Crippen LogP contribution is 2.09. The van der Waals surface area contributed by atoms with Crippen LogP contribution in [0.3, 0.4) is 0 Å². The molecule has 0 bridgehead atoms. The topological polar surface area (TPSA) is 439 Å². The monoisotopic (exact) mass is 1700 g/mol. The summed E-state index contributed by atoms with van der Waals surface area (Å²) in [4.78, 5) is 110. The molecule has 2 aliphatic rings. The third kappa shape index (κ3) is 72.0. The van der Waals surface area contributed by atoms with Gasteiger partial charge in [-0.05, 0) is 25.7 Å².